The van der Waals surface area contributed by atoms with Crippen LogP contribution in [0.4, 0.5) is 5.69 Å². The van der Waals surface area contributed by atoms with E-state index in [1.165, 1.54) is 23.9 Å². The molecular formula is C13H9ClN4O2S. The predicted octanol–water partition coefficient (Wildman–Crippen LogP) is 3.58. The van der Waals surface area contributed by atoms with Gasteiger partial charge in [0.05, 0.1) is 4.92 Å². The molecule has 1 aromatic carbocycles. The molecule has 0 N–H and O–H groups in total. The third-order valence-electron chi connectivity index (χ3n) is 2.86. The fourth-order valence-corrected chi connectivity index (χ4v) is 2.91. The van der Waals surface area contributed by atoms with Crippen molar-refractivity contribution in [2.45, 2.75) is 10.9 Å². The van der Waals surface area contributed by atoms with Crippen LogP contribution in [-0.2, 0) is 5.75 Å². The number of hydrogen-bond donors (Lipinski definition) is 0. The van der Waals surface area contributed by atoms with Gasteiger partial charge in [-0.05, 0) is 23.8 Å². The second-order valence-corrected chi connectivity index (χ2v) is 5.59. The van der Waals surface area contributed by atoms with Crippen LogP contribution >= 0.6 is 23.4 Å². The van der Waals surface area contributed by atoms with Crippen LogP contribution in [0.3, 0.4) is 0 Å². The predicted molar refractivity (Wildman–Crippen MR) is 80.7 cm³/mol. The van der Waals surface area contributed by atoms with Crippen molar-refractivity contribution in [1.29, 1.82) is 0 Å². The Labute approximate surface area is 128 Å². The van der Waals surface area contributed by atoms with Crippen LogP contribution in [-0.4, -0.2) is 19.5 Å². The molecule has 0 atom stereocenters. The van der Waals surface area contributed by atoms with Crippen LogP contribution in [0.5, 0.6) is 0 Å². The van der Waals surface area contributed by atoms with Crippen molar-refractivity contribution >= 4 is 34.7 Å². The number of nitro groups is 1. The van der Waals surface area contributed by atoms with E-state index < -0.39 is 4.92 Å². The van der Waals surface area contributed by atoms with Gasteiger partial charge in [0, 0.05) is 18.0 Å². The molecule has 0 saturated carbocycles. The van der Waals surface area contributed by atoms with Crippen LogP contribution in [0.1, 0.15) is 5.56 Å². The molecule has 0 aliphatic heterocycles. The van der Waals surface area contributed by atoms with Crippen LogP contribution in [0.15, 0.2) is 47.8 Å². The Morgan fingerprint density at radius 3 is 2.95 bits per heavy atom. The molecule has 0 unspecified atom stereocenters. The summed E-state index contributed by atoms with van der Waals surface area (Å²) >= 11 is 7.25. The Kier molecular flexibility index (Phi) is 3.76. The number of benzene rings is 1. The number of nitrogens with zero attached hydrogens (tertiary/aromatic N) is 4. The average Bonchev–Trinajstić information content (AvgIpc) is 2.89. The third-order valence-corrected chi connectivity index (χ3v) is 4.19. The topological polar surface area (TPSA) is 73.3 Å². The van der Waals surface area contributed by atoms with Crippen molar-refractivity contribution < 1.29 is 4.92 Å². The van der Waals surface area contributed by atoms with Gasteiger partial charge in [-0.1, -0.05) is 35.5 Å². The number of halogens is 1. The third kappa shape index (κ3) is 2.84. The molecule has 2 heterocycles. The molecule has 0 aliphatic carbocycles. The van der Waals surface area contributed by atoms with Crippen molar-refractivity contribution in [3.63, 3.8) is 0 Å². The molecular weight excluding hydrogens is 312 g/mol. The van der Waals surface area contributed by atoms with E-state index >= 15 is 0 Å². The summed E-state index contributed by atoms with van der Waals surface area (Å²) in [5.41, 5.74) is 1.49. The SMILES string of the molecule is O=[N+]([O-])c1cc(CSc2nnc3ccccn23)ccc1Cl. The maximum absolute atomic E-state index is 10.9. The summed E-state index contributed by atoms with van der Waals surface area (Å²) in [6, 6.07) is 10.4. The van der Waals surface area contributed by atoms with E-state index in [4.69, 9.17) is 11.6 Å². The van der Waals surface area contributed by atoms with E-state index in [0.29, 0.717) is 5.75 Å². The minimum atomic E-state index is -0.483. The highest BCUT2D eigenvalue weighted by Gasteiger charge is 2.13. The van der Waals surface area contributed by atoms with E-state index in [1.807, 2.05) is 28.8 Å². The minimum absolute atomic E-state index is 0.0825. The van der Waals surface area contributed by atoms with Crippen molar-refractivity contribution in [2.75, 3.05) is 0 Å². The largest absolute Gasteiger partial charge is 0.288 e. The molecule has 8 heteroatoms. The lowest BCUT2D eigenvalue weighted by atomic mass is 10.2. The smallest absolute Gasteiger partial charge is 0.277 e. The van der Waals surface area contributed by atoms with E-state index in [2.05, 4.69) is 10.2 Å². The van der Waals surface area contributed by atoms with Gasteiger partial charge >= 0.3 is 0 Å². The number of hydrogen-bond acceptors (Lipinski definition) is 5. The van der Waals surface area contributed by atoms with Crippen LogP contribution in [0, 0.1) is 10.1 Å². The van der Waals surface area contributed by atoms with E-state index in [-0.39, 0.29) is 10.7 Å². The molecule has 0 saturated heterocycles. The van der Waals surface area contributed by atoms with Gasteiger partial charge in [0.25, 0.3) is 5.69 Å². The summed E-state index contributed by atoms with van der Waals surface area (Å²) in [6.45, 7) is 0. The molecule has 0 spiro atoms. The molecule has 0 fully saturated rings. The fourth-order valence-electron chi connectivity index (χ4n) is 1.85. The monoisotopic (exact) mass is 320 g/mol. The van der Waals surface area contributed by atoms with Crippen molar-refractivity contribution in [3.8, 4) is 0 Å². The van der Waals surface area contributed by atoms with E-state index in [0.717, 1.165) is 16.4 Å². The normalized spacial score (nSPS) is 10.9. The maximum Gasteiger partial charge on any atom is 0.288 e. The lowest BCUT2D eigenvalue weighted by Crippen LogP contribution is -1.92. The Morgan fingerprint density at radius 2 is 2.14 bits per heavy atom. The van der Waals surface area contributed by atoms with E-state index in [1.54, 1.807) is 6.07 Å². The lowest BCUT2D eigenvalue weighted by molar-refractivity contribution is -0.384. The maximum atomic E-state index is 10.9. The number of nitro benzene ring substituents is 1. The number of aromatic nitrogens is 3. The van der Waals surface area contributed by atoms with Crippen LogP contribution in [0.25, 0.3) is 5.65 Å². The van der Waals surface area contributed by atoms with Crippen molar-refractivity contribution in [1.82, 2.24) is 14.6 Å². The summed E-state index contributed by atoms with van der Waals surface area (Å²) in [7, 11) is 0. The van der Waals surface area contributed by atoms with E-state index in [9.17, 15) is 10.1 Å². The molecule has 6 nitrogen and oxygen atoms in total. The van der Waals surface area contributed by atoms with Crippen LogP contribution in [0.2, 0.25) is 5.02 Å². The molecule has 0 amide bonds. The Hall–Kier alpha value is -2.12. The number of fused-ring (bicyclic) bond motifs is 1. The van der Waals surface area contributed by atoms with Gasteiger partial charge in [0.2, 0.25) is 0 Å². The molecule has 3 aromatic rings. The van der Waals surface area contributed by atoms with Gasteiger partial charge < -0.3 is 0 Å². The Morgan fingerprint density at radius 1 is 1.29 bits per heavy atom. The first-order valence-electron chi connectivity index (χ1n) is 6.00. The van der Waals surface area contributed by atoms with Gasteiger partial charge in [-0.2, -0.15) is 0 Å². The first-order valence-corrected chi connectivity index (χ1v) is 7.37. The second-order valence-electron chi connectivity index (χ2n) is 4.24. The standard InChI is InChI=1S/C13H9ClN4O2S/c14-10-5-4-9(7-11(10)18(19)20)8-21-13-16-15-12-3-1-2-6-17(12)13/h1-7H,8H2. The van der Waals surface area contributed by atoms with Crippen molar-refractivity contribution in [2.24, 2.45) is 0 Å². The summed E-state index contributed by atoms with van der Waals surface area (Å²) in [6.07, 6.45) is 1.88. The molecule has 2 aromatic heterocycles. The zero-order valence-corrected chi connectivity index (χ0v) is 12.2. The van der Waals surface area contributed by atoms with Gasteiger partial charge in [0.15, 0.2) is 10.8 Å². The summed E-state index contributed by atoms with van der Waals surface area (Å²) in [5, 5.41) is 19.9. The number of rotatable bonds is 4. The molecule has 0 radical (unpaired) electrons. The quantitative estimate of drug-likeness (QED) is 0.417. The first kappa shape index (κ1) is 13.8. The van der Waals surface area contributed by atoms with Gasteiger partial charge in [0.1, 0.15) is 5.02 Å². The highest BCUT2D eigenvalue weighted by molar-refractivity contribution is 7.98. The highest BCUT2D eigenvalue weighted by atomic mass is 35.5. The lowest BCUT2D eigenvalue weighted by Gasteiger charge is -2.02. The first-order chi connectivity index (χ1) is 10.1. The van der Waals surface area contributed by atoms with Gasteiger partial charge in [-0.3, -0.25) is 14.5 Å². The Balaban J connectivity index is 1.82. The molecule has 3 rings (SSSR count). The minimum Gasteiger partial charge on any atom is -0.277 e. The molecule has 21 heavy (non-hydrogen) atoms. The summed E-state index contributed by atoms with van der Waals surface area (Å²) < 4.78 is 1.87. The molecule has 106 valence electrons. The van der Waals surface area contributed by atoms with Crippen molar-refractivity contribution in [3.05, 3.63) is 63.3 Å². The highest BCUT2D eigenvalue weighted by Crippen LogP contribution is 2.28. The summed E-state index contributed by atoms with van der Waals surface area (Å²) in [5.74, 6) is 0.549. The molecule has 0 aliphatic rings. The van der Waals surface area contributed by atoms with Gasteiger partial charge in [-0.25, -0.2) is 0 Å². The summed E-state index contributed by atoms with van der Waals surface area (Å²) in [4.78, 5) is 10.4. The Bertz CT molecular complexity index is 821. The number of pyridine rings is 1. The second kappa shape index (κ2) is 5.71. The van der Waals surface area contributed by atoms with Crippen LogP contribution < -0.4 is 0 Å². The average molecular weight is 321 g/mol. The fraction of sp³-hybridized carbons (Fsp3) is 0.0769. The zero-order chi connectivity index (χ0) is 14.8. The number of thioether (sulfide) groups is 1. The zero-order valence-electron chi connectivity index (χ0n) is 10.6. The molecule has 0 bridgehead atoms. The van der Waals surface area contributed by atoms with Gasteiger partial charge in [-0.15, -0.1) is 10.2 Å².